The van der Waals surface area contributed by atoms with E-state index in [9.17, 15) is 4.79 Å². The van der Waals surface area contributed by atoms with Crippen molar-refractivity contribution >= 4 is 44.3 Å². The Morgan fingerprint density at radius 2 is 1.95 bits per heavy atom. The topological polar surface area (TPSA) is 26.3 Å². The van der Waals surface area contributed by atoms with Gasteiger partial charge in [0, 0.05) is 13.6 Å². The molecule has 0 aromatic heterocycles. The van der Waals surface area contributed by atoms with Gasteiger partial charge in [0.1, 0.15) is 5.75 Å². The Labute approximate surface area is 134 Å². The van der Waals surface area contributed by atoms with Gasteiger partial charge in [0.05, 0.1) is 12.2 Å². The number of rotatable bonds is 4. The Hall–Kier alpha value is -0.880. The molecule has 2 rings (SSSR count). The molecule has 2 aromatic carbocycles. The van der Waals surface area contributed by atoms with E-state index in [0.29, 0.717) is 23.5 Å². The Morgan fingerprint density at radius 1 is 1.21 bits per heavy atom. The SMILES string of the molecule is CCOc1ccccc1C(=O)c1cc(I)ccc1Br. The molecule has 0 aliphatic heterocycles. The summed E-state index contributed by atoms with van der Waals surface area (Å²) >= 11 is 5.62. The first kappa shape index (κ1) is 14.5. The van der Waals surface area contributed by atoms with Gasteiger partial charge in [-0.25, -0.2) is 0 Å². The van der Waals surface area contributed by atoms with Crippen LogP contribution in [0.25, 0.3) is 0 Å². The first-order chi connectivity index (χ1) is 9.13. The van der Waals surface area contributed by atoms with Crippen LogP contribution in [0.4, 0.5) is 0 Å². The average Bonchev–Trinajstić information content (AvgIpc) is 2.42. The van der Waals surface area contributed by atoms with Crippen LogP contribution in [0.2, 0.25) is 0 Å². The molecular weight excluding hydrogens is 419 g/mol. The minimum Gasteiger partial charge on any atom is -0.493 e. The monoisotopic (exact) mass is 430 g/mol. The molecule has 0 heterocycles. The summed E-state index contributed by atoms with van der Waals surface area (Å²) in [5, 5.41) is 0. The molecule has 0 bridgehead atoms. The van der Waals surface area contributed by atoms with Crippen LogP contribution in [0.5, 0.6) is 5.75 Å². The number of hydrogen-bond donors (Lipinski definition) is 0. The van der Waals surface area contributed by atoms with Crippen molar-refractivity contribution in [2.45, 2.75) is 6.92 Å². The highest BCUT2D eigenvalue weighted by Gasteiger charge is 2.17. The predicted octanol–water partition coefficient (Wildman–Crippen LogP) is 4.68. The number of ketones is 1. The zero-order chi connectivity index (χ0) is 13.8. The number of hydrogen-bond acceptors (Lipinski definition) is 2. The summed E-state index contributed by atoms with van der Waals surface area (Å²) in [7, 11) is 0. The molecule has 98 valence electrons. The van der Waals surface area contributed by atoms with E-state index in [-0.39, 0.29) is 5.78 Å². The van der Waals surface area contributed by atoms with Crippen LogP contribution in [0, 0.1) is 3.57 Å². The molecule has 0 atom stereocenters. The minimum absolute atomic E-state index is 0.0329. The van der Waals surface area contributed by atoms with Gasteiger partial charge in [-0.15, -0.1) is 0 Å². The fourth-order valence-corrected chi connectivity index (χ4v) is 2.67. The summed E-state index contributed by atoms with van der Waals surface area (Å²) < 4.78 is 7.33. The highest BCUT2D eigenvalue weighted by Crippen LogP contribution is 2.26. The van der Waals surface area contributed by atoms with Crippen LogP contribution in [0.15, 0.2) is 46.9 Å². The summed E-state index contributed by atoms with van der Waals surface area (Å²) in [6.45, 7) is 2.44. The summed E-state index contributed by atoms with van der Waals surface area (Å²) in [4.78, 5) is 12.6. The number of ether oxygens (including phenoxy) is 1. The molecular formula is C15H12BrIO2. The molecule has 0 unspecified atom stereocenters. The van der Waals surface area contributed by atoms with E-state index in [1.54, 1.807) is 6.07 Å². The quantitative estimate of drug-likeness (QED) is 0.519. The summed E-state index contributed by atoms with van der Waals surface area (Å²) in [6.07, 6.45) is 0. The number of carbonyl (C=O) groups is 1. The molecule has 0 amide bonds. The Bertz CT molecular complexity index is 611. The summed E-state index contributed by atoms with van der Waals surface area (Å²) in [5.41, 5.74) is 1.24. The normalized spacial score (nSPS) is 10.3. The fraction of sp³-hybridized carbons (Fsp3) is 0.133. The van der Waals surface area contributed by atoms with Crippen molar-refractivity contribution in [1.29, 1.82) is 0 Å². The van der Waals surface area contributed by atoms with Crippen molar-refractivity contribution in [3.63, 3.8) is 0 Å². The van der Waals surface area contributed by atoms with Gasteiger partial charge in [-0.2, -0.15) is 0 Å². The maximum atomic E-state index is 12.6. The fourth-order valence-electron chi connectivity index (χ4n) is 1.75. The van der Waals surface area contributed by atoms with Crippen molar-refractivity contribution in [3.8, 4) is 5.75 Å². The van der Waals surface area contributed by atoms with Gasteiger partial charge >= 0.3 is 0 Å². The molecule has 2 nitrogen and oxygen atoms in total. The molecule has 0 aliphatic rings. The van der Waals surface area contributed by atoms with Crippen LogP contribution in [-0.4, -0.2) is 12.4 Å². The van der Waals surface area contributed by atoms with E-state index in [4.69, 9.17) is 4.74 Å². The summed E-state index contributed by atoms with van der Waals surface area (Å²) in [6, 6.07) is 13.0. The van der Waals surface area contributed by atoms with Gasteiger partial charge in [0.2, 0.25) is 0 Å². The lowest BCUT2D eigenvalue weighted by atomic mass is 10.0. The van der Waals surface area contributed by atoms with E-state index >= 15 is 0 Å². The molecule has 4 heteroatoms. The van der Waals surface area contributed by atoms with Crippen LogP contribution in [-0.2, 0) is 0 Å². The molecule has 0 aliphatic carbocycles. The molecule has 0 fully saturated rings. The third kappa shape index (κ3) is 3.36. The highest BCUT2D eigenvalue weighted by molar-refractivity contribution is 14.1. The Kier molecular flexibility index (Phi) is 4.99. The number of carbonyl (C=O) groups excluding carboxylic acids is 1. The average molecular weight is 431 g/mol. The second kappa shape index (κ2) is 6.52. The number of halogens is 2. The van der Waals surface area contributed by atoms with Crippen molar-refractivity contribution in [3.05, 3.63) is 61.6 Å². The second-order valence-electron chi connectivity index (χ2n) is 3.88. The largest absolute Gasteiger partial charge is 0.493 e. The molecule has 0 N–H and O–H groups in total. The molecule has 0 saturated heterocycles. The predicted molar refractivity (Wildman–Crippen MR) is 87.9 cm³/mol. The lowest BCUT2D eigenvalue weighted by molar-refractivity contribution is 0.103. The lowest BCUT2D eigenvalue weighted by Crippen LogP contribution is -2.06. The minimum atomic E-state index is -0.0329. The van der Waals surface area contributed by atoms with Crippen LogP contribution >= 0.6 is 38.5 Å². The van der Waals surface area contributed by atoms with Crippen LogP contribution < -0.4 is 4.74 Å². The highest BCUT2D eigenvalue weighted by atomic mass is 127. The molecule has 0 radical (unpaired) electrons. The standard InChI is InChI=1S/C15H12BrIO2/c1-2-19-14-6-4-3-5-11(14)15(18)12-9-10(17)7-8-13(12)16/h3-9H,2H2,1H3. The van der Waals surface area contributed by atoms with E-state index < -0.39 is 0 Å². The zero-order valence-electron chi connectivity index (χ0n) is 10.3. The van der Waals surface area contributed by atoms with Gasteiger partial charge in [0.25, 0.3) is 0 Å². The molecule has 0 spiro atoms. The van der Waals surface area contributed by atoms with Gasteiger partial charge in [-0.1, -0.05) is 28.1 Å². The van der Waals surface area contributed by atoms with Crippen LogP contribution in [0.1, 0.15) is 22.8 Å². The van der Waals surface area contributed by atoms with Crippen molar-refractivity contribution < 1.29 is 9.53 Å². The smallest absolute Gasteiger partial charge is 0.197 e. The third-order valence-electron chi connectivity index (χ3n) is 2.60. The van der Waals surface area contributed by atoms with Gasteiger partial charge < -0.3 is 4.74 Å². The Morgan fingerprint density at radius 3 is 2.68 bits per heavy atom. The molecule has 2 aromatic rings. The maximum Gasteiger partial charge on any atom is 0.197 e. The van der Waals surface area contributed by atoms with Crippen molar-refractivity contribution in [2.24, 2.45) is 0 Å². The lowest BCUT2D eigenvalue weighted by Gasteiger charge is -2.10. The van der Waals surface area contributed by atoms with Gasteiger partial charge in [-0.3, -0.25) is 4.79 Å². The van der Waals surface area contributed by atoms with Crippen molar-refractivity contribution in [2.75, 3.05) is 6.61 Å². The van der Waals surface area contributed by atoms with Gasteiger partial charge in [0.15, 0.2) is 5.78 Å². The Balaban J connectivity index is 2.47. The molecule has 0 saturated carbocycles. The maximum absolute atomic E-state index is 12.6. The zero-order valence-corrected chi connectivity index (χ0v) is 14.1. The first-order valence-electron chi connectivity index (χ1n) is 5.85. The van der Waals surface area contributed by atoms with E-state index in [2.05, 4.69) is 38.5 Å². The number of para-hydroxylation sites is 1. The third-order valence-corrected chi connectivity index (χ3v) is 3.97. The van der Waals surface area contributed by atoms with Gasteiger partial charge in [-0.05, 0) is 59.8 Å². The van der Waals surface area contributed by atoms with E-state index in [1.165, 1.54) is 0 Å². The summed E-state index contributed by atoms with van der Waals surface area (Å²) in [5.74, 6) is 0.593. The van der Waals surface area contributed by atoms with Crippen LogP contribution in [0.3, 0.4) is 0 Å². The second-order valence-corrected chi connectivity index (χ2v) is 5.98. The van der Waals surface area contributed by atoms with E-state index in [1.807, 2.05) is 43.3 Å². The number of benzene rings is 2. The molecule has 19 heavy (non-hydrogen) atoms. The van der Waals surface area contributed by atoms with E-state index in [0.717, 1.165) is 8.04 Å². The first-order valence-corrected chi connectivity index (χ1v) is 7.72. The van der Waals surface area contributed by atoms with Crippen molar-refractivity contribution in [1.82, 2.24) is 0 Å².